The fourth-order valence-electron chi connectivity index (χ4n) is 9.22. The van der Waals surface area contributed by atoms with Crippen LogP contribution in [0.1, 0.15) is 508 Å². The molecule has 0 aromatic rings. The van der Waals surface area contributed by atoms with Crippen molar-refractivity contribution in [2.24, 2.45) is 11.8 Å². The van der Waals surface area contributed by atoms with Crippen molar-refractivity contribution in [3.63, 3.8) is 0 Å². The van der Waals surface area contributed by atoms with E-state index in [1.807, 2.05) is 6.26 Å². The minimum Gasteiger partial charge on any atom is -0.382 e. The number of hydrogen-bond acceptors (Lipinski definition) is 23. The van der Waals surface area contributed by atoms with Crippen molar-refractivity contribution in [1.82, 2.24) is 15.1 Å². The van der Waals surface area contributed by atoms with E-state index in [0.717, 1.165) is 82.8 Å². The van der Waals surface area contributed by atoms with Crippen LogP contribution in [0.15, 0.2) is 0 Å². The van der Waals surface area contributed by atoms with Crippen LogP contribution in [0, 0.1) is 11.8 Å². The van der Waals surface area contributed by atoms with Gasteiger partial charge in [0, 0.05) is 79.2 Å². The third-order valence-electron chi connectivity index (χ3n) is 13.9. The molecule has 4 saturated heterocycles. The maximum atomic E-state index is 12.6. The molecule has 5 aliphatic rings. The topological polar surface area (TPSA) is 296 Å². The van der Waals surface area contributed by atoms with E-state index in [1.165, 1.54) is 176 Å². The molecule has 5 rings (SSSR count). The van der Waals surface area contributed by atoms with Gasteiger partial charge in [-0.25, -0.2) is 0 Å². The SMILES string of the molecule is C=P(O)(OC)OCC1OCCC1OP(=C)(O)OCCCCCCSC1CC(=O)N(CCOCCOC)C1=O.C=P(O)(OCCCCCCNC(=O)C1CCC(CN2C(=O)CC(SC)C2=O)CC1)OCC1OCCC1OP(=C)(O)OC.CCC.CCC.CCC.CCC.CCC.CCC.CCC.CCC.CCC.CCC.CCC.CCC.CCC.CCC.CCC.CCC.CCC.CCC.CCC.CCC. The lowest BCUT2D eigenvalue weighted by Crippen LogP contribution is -2.39. The van der Waals surface area contributed by atoms with E-state index in [-0.39, 0.29) is 78.1 Å². The lowest BCUT2D eigenvalue weighted by Gasteiger charge is -2.30. The van der Waals surface area contributed by atoms with Crippen LogP contribution in [0.25, 0.3) is 0 Å². The number of ether oxygens (including phenoxy) is 4. The Morgan fingerprint density at radius 3 is 1.01 bits per heavy atom. The monoisotopic (exact) mass is 2140 g/mol. The number of nitrogens with zero attached hydrogens (tertiary/aromatic N) is 2. The number of likely N-dealkylation sites (tertiary alicyclic amines) is 2. The molecule has 0 aromatic carbocycles. The summed E-state index contributed by atoms with van der Waals surface area (Å²) in [5.74, 6) is 0.713. The highest BCUT2D eigenvalue weighted by molar-refractivity contribution is 8.00. The van der Waals surface area contributed by atoms with Crippen molar-refractivity contribution in [1.29, 1.82) is 0 Å². The number of nitrogens with one attached hydrogen (secondary N) is 1. The molecule has 0 spiro atoms. The van der Waals surface area contributed by atoms with Crippen LogP contribution in [-0.2, 0) is 79.1 Å². The molecule has 5 fully saturated rings. The van der Waals surface area contributed by atoms with Crippen molar-refractivity contribution in [2.45, 2.75) is 543 Å². The smallest absolute Gasteiger partial charge is 0.248 e. The van der Waals surface area contributed by atoms with Crippen LogP contribution in [0.2, 0.25) is 0 Å². The molecule has 24 nitrogen and oxygen atoms in total. The first-order valence-corrected chi connectivity index (χ1v) is 65.0. The fourth-order valence-corrected chi connectivity index (χ4v) is 14.3. The summed E-state index contributed by atoms with van der Waals surface area (Å²) < 4.78 is 64.1. The highest BCUT2D eigenvalue weighted by Gasteiger charge is 2.41. The summed E-state index contributed by atoms with van der Waals surface area (Å²) in [5, 5.41) is 2.48. The maximum Gasteiger partial charge on any atom is 0.248 e. The average Bonchev–Trinajstić information content (AvgIpc) is 1.66. The Hall–Kier alpha value is -0.990. The van der Waals surface area contributed by atoms with Crippen LogP contribution in [0.3, 0.4) is 0 Å². The zero-order chi connectivity index (χ0) is 113. The van der Waals surface area contributed by atoms with E-state index in [9.17, 15) is 43.5 Å². The normalized spacial score (nSPS) is 18.2. The van der Waals surface area contributed by atoms with Gasteiger partial charge in [0.2, 0.25) is 59.8 Å². The summed E-state index contributed by atoms with van der Waals surface area (Å²) in [6.45, 7) is 89.1. The van der Waals surface area contributed by atoms with E-state index in [2.05, 4.69) is 307 Å². The Balaban J connectivity index is -0.0000000921. The Labute approximate surface area is 884 Å². The van der Waals surface area contributed by atoms with E-state index in [0.29, 0.717) is 78.6 Å². The number of carbonyl (C=O) groups is 5. The molecule has 1 aliphatic carbocycles. The minimum absolute atomic E-state index is 0.0137. The van der Waals surface area contributed by atoms with Gasteiger partial charge >= 0.3 is 0 Å². The molecule has 10 unspecified atom stereocenters. The van der Waals surface area contributed by atoms with Gasteiger partial charge in [0.25, 0.3) is 0 Å². The summed E-state index contributed by atoms with van der Waals surface area (Å²) in [5.41, 5.74) is 0. The van der Waals surface area contributed by atoms with Crippen molar-refractivity contribution in [3.8, 4) is 0 Å². The van der Waals surface area contributed by atoms with Gasteiger partial charge < -0.3 is 80.0 Å². The second-order valence-corrected chi connectivity index (χ2v) is 43.8. The molecule has 5 N–H and O–H groups in total. The Kier molecular flexibility index (Phi) is 189. The van der Waals surface area contributed by atoms with E-state index >= 15 is 0 Å². The molecular weight excluding hydrogens is 1890 g/mol. The predicted molar refractivity (Wildman–Crippen MR) is 635 cm³/mol. The second kappa shape index (κ2) is 149. The van der Waals surface area contributed by atoms with Crippen molar-refractivity contribution in [3.05, 3.63) is 0 Å². The number of imide groups is 2. The molecule has 140 heavy (non-hydrogen) atoms. The number of hydrogen-bond donors (Lipinski definition) is 5. The Bertz CT molecular complexity index is 2420. The summed E-state index contributed by atoms with van der Waals surface area (Å²) in [6, 6.07) is 0. The number of amides is 5. The lowest BCUT2D eigenvalue weighted by atomic mass is 9.81. The zero-order valence-electron chi connectivity index (χ0n) is 101. The van der Waals surface area contributed by atoms with Crippen LogP contribution in [0.5, 0.6) is 0 Å². The fraction of sp³-hybridized carbons (Fsp3) is 0.918. The first-order valence-electron chi connectivity index (χ1n) is 55.6. The minimum atomic E-state index is -3.29. The summed E-state index contributed by atoms with van der Waals surface area (Å²) in [6.07, 6.45) is 51.0. The maximum absolute atomic E-state index is 12.6. The molecule has 864 valence electrons. The molecule has 0 aromatic heterocycles. The highest BCUT2D eigenvalue weighted by atomic mass is 32.2. The third kappa shape index (κ3) is 150. The quantitative estimate of drug-likeness (QED) is 0.0217. The largest absolute Gasteiger partial charge is 0.382 e. The molecule has 1 saturated carbocycles. The molecular formula is C110H251N3O21P4S2. The van der Waals surface area contributed by atoms with Gasteiger partial charge in [-0.15, -0.1) is 11.8 Å². The molecule has 0 bridgehead atoms. The number of thioether (sulfide) groups is 2. The number of unbranched alkanes of at least 4 members (excludes halogenated alkanes) is 6. The number of carbonyl (C=O) groups excluding carboxylic acids is 5. The molecule has 4 heterocycles. The summed E-state index contributed by atoms with van der Waals surface area (Å²) >= 11 is 2.96. The van der Waals surface area contributed by atoms with Crippen LogP contribution < -0.4 is 5.32 Å². The van der Waals surface area contributed by atoms with Gasteiger partial charge in [-0.1, -0.05) is 431 Å². The third-order valence-corrected chi connectivity index (χ3v) is 20.8. The molecule has 4 aliphatic heterocycles. The Morgan fingerprint density at radius 1 is 0.371 bits per heavy atom. The zero-order valence-corrected chi connectivity index (χ0v) is 107. The van der Waals surface area contributed by atoms with Gasteiger partial charge in [0.05, 0.1) is 75.5 Å². The highest BCUT2D eigenvalue weighted by Crippen LogP contribution is 2.49. The predicted octanol–water partition coefficient (Wildman–Crippen LogP) is 33.8. The molecule has 0 radical (unpaired) electrons. The van der Waals surface area contributed by atoms with Gasteiger partial charge in [-0.2, -0.15) is 11.8 Å². The Morgan fingerprint density at radius 2 is 0.679 bits per heavy atom. The van der Waals surface area contributed by atoms with Gasteiger partial charge in [-0.3, -0.25) is 33.8 Å². The molecule has 5 amide bonds. The lowest BCUT2D eigenvalue weighted by molar-refractivity contribution is -0.140. The van der Waals surface area contributed by atoms with Crippen LogP contribution >= 0.6 is 53.8 Å². The van der Waals surface area contributed by atoms with Crippen molar-refractivity contribution >= 4 is 109 Å². The first-order chi connectivity index (χ1) is 66.3. The van der Waals surface area contributed by atoms with E-state index in [1.54, 1.807) is 7.11 Å². The number of rotatable bonds is 39. The molecule has 30 heteroatoms. The first kappa shape index (κ1) is 178. The average molecular weight is 2140 g/mol. The van der Waals surface area contributed by atoms with Crippen LogP contribution in [-0.4, -0.2) is 231 Å². The van der Waals surface area contributed by atoms with Gasteiger partial charge in [0.15, 0.2) is 0 Å². The van der Waals surface area contributed by atoms with Crippen molar-refractivity contribution in [2.75, 3.05) is 112 Å². The van der Waals surface area contributed by atoms with Crippen molar-refractivity contribution < 1.29 is 98.7 Å². The van der Waals surface area contributed by atoms with E-state index < -0.39 is 54.7 Å². The molecule has 10 atom stereocenters. The van der Waals surface area contributed by atoms with Gasteiger partial charge in [-0.05, 0) is 94.5 Å². The van der Waals surface area contributed by atoms with Gasteiger partial charge in [0.1, 0.15) is 12.2 Å². The summed E-state index contributed by atoms with van der Waals surface area (Å²) in [7, 11) is -8.64. The summed E-state index contributed by atoms with van der Waals surface area (Å²) in [4.78, 5) is 105. The number of methoxy groups -OCH3 is 1. The van der Waals surface area contributed by atoms with Crippen LogP contribution in [0.4, 0.5) is 0 Å². The standard InChI is InChI=1S/C27H48N2O10P2S.C23H43NO11P2S.20C3H8/c1-35-40(2,33)39-22-13-16-36-23(22)19-38-41(3,34)37-15-8-6-5-7-14-28-26(31)21-11-9-20(10-12-21)18-29-25(30)17-24(42-4)27(29)32;1-29-14-15-31-13-10-24-22(25)17-21(23(24)26)38-16-8-6-5-7-11-33-37(4,28)35-19-9-12-32-20(19)18-34-36(3,27)30-2;20*1-3-2/h20-24,33-34H,2-3,5-19H2,1,4H3,(H,28,31);19-21,27-28H,3-18H2,1-2H3;20*3H2,1-2H3. The second-order valence-electron chi connectivity index (χ2n) is 34.2. The van der Waals surface area contributed by atoms with E-state index in [4.69, 9.17) is 55.1 Å².